The van der Waals surface area contributed by atoms with Gasteiger partial charge in [-0.1, -0.05) is 61.2 Å². The molecular weight excluding hydrogens is 387 g/mol. The van der Waals surface area contributed by atoms with Gasteiger partial charge in [0.25, 0.3) is 0 Å². The molecule has 0 radical (unpaired) electrons. The van der Waals surface area contributed by atoms with Crippen LogP contribution in [-0.2, 0) is 6.54 Å². The first-order valence-electron chi connectivity index (χ1n) is 8.81. The molecule has 1 heterocycles. The second-order valence-corrected chi connectivity index (χ2v) is 7.14. The molecule has 1 aromatic heterocycles. The zero-order valence-electron chi connectivity index (χ0n) is 14.9. The number of nitroso groups, excluding NO2 is 1. The Balaban J connectivity index is 2.01. The van der Waals surface area contributed by atoms with Gasteiger partial charge in [-0.2, -0.15) is 0 Å². The van der Waals surface area contributed by atoms with Crippen molar-refractivity contribution in [2.45, 2.75) is 32.7 Å². The van der Waals surface area contributed by atoms with Crippen LogP contribution in [0.2, 0.25) is 10.0 Å². The fourth-order valence-corrected chi connectivity index (χ4v) is 3.69. The average molecular weight is 407 g/mol. The van der Waals surface area contributed by atoms with Gasteiger partial charge in [-0.05, 0) is 29.8 Å². The van der Waals surface area contributed by atoms with Crippen molar-refractivity contribution in [3.8, 4) is 11.6 Å². The molecule has 0 saturated heterocycles. The normalized spacial score (nSPS) is 11.1. The molecule has 0 saturated carbocycles. The van der Waals surface area contributed by atoms with Crippen molar-refractivity contribution in [2.24, 2.45) is 5.18 Å². The van der Waals surface area contributed by atoms with Gasteiger partial charge in [0.15, 0.2) is 5.69 Å². The van der Waals surface area contributed by atoms with Gasteiger partial charge < -0.3 is 14.4 Å². The number of aromatic hydroxyl groups is 1. The summed E-state index contributed by atoms with van der Waals surface area (Å²) in [6.45, 7) is 3.05. The number of rotatable bonds is 8. The Labute approximate surface area is 167 Å². The van der Waals surface area contributed by atoms with E-state index in [0.29, 0.717) is 27.6 Å². The van der Waals surface area contributed by atoms with Crippen LogP contribution in [0.1, 0.15) is 31.7 Å². The summed E-state index contributed by atoms with van der Waals surface area (Å²) in [6.07, 6.45) is 3.21. The van der Waals surface area contributed by atoms with E-state index < -0.39 is 0 Å². The number of hydrogen-bond acceptors (Lipinski definition) is 4. The Hall–Kier alpha value is -2.24. The molecule has 1 N–H and O–H groups in total. The van der Waals surface area contributed by atoms with Gasteiger partial charge in [0.05, 0.1) is 23.7 Å². The number of nitrogens with zero attached hydrogens (tertiary/aromatic N) is 2. The number of fused-ring (bicyclic) bond motifs is 1. The molecule has 2 aromatic carbocycles. The van der Waals surface area contributed by atoms with Gasteiger partial charge in [-0.3, -0.25) is 0 Å². The van der Waals surface area contributed by atoms with E-state index in [1.807, 2.05) is 24.3 Å². The molecule has 7 heteroatoms. The van der Waals surface area contributed by atoms with Gasteiger partial charge in [0.1, 0.15) is 5.75 Å². The number of unbranched alkanes of at least 4 members (excludes halogenated alkanes) is 2. The van der Waals surface area contributed by atoms with E-state index in [-0.39, 0.29) is 18.1 Å². The Morgan fingerprint density at radius 2 is 1.96 bits per heavy atom. The SMILES string of the molecule is CCCCCOc1ccccc1Cn1c(O)c(N=O)c2cc(Cl)cc(Cl)c21. The van der Waals surface area contributed by atoms with Crippen LogP contribution in [0.15, 0.2) is 41.6 Å². The highest BCUT2D eigenvalue weighted by molar-refractivity contribution is 6.39. The van der Waals surface area contributed by atoms with Crippen LogP contribution in [0.4, 0.5) is 5.69 Å². The third-order valence-electron chi connectivity index (χ3n) is 4.42. The van der Waals surface area contributed by atoms with Crippen molar-refractivity contribution in [2.75, 3.05) is 6.61 Å². The Bertz CT molecular complexity index is 970. The molecule has 27 heavy (non-hydrogen) atoms. The monoisotopic (exact) mass is 406 g/mol. The fraction of sp³-hybridized carbons (Fsp3) is 0.300. The van der Waals surface area contributed by atoms with Gasteiger partial charge in [-0.15, -0.1) is 4.91 Å². The summed E-state index contributed by atoms with van der Waals surface area (Å²) in [5, 5.41) is 14.6. The van der Waals surface area contributed by atoms with Crippen molar-refractivity contribution in [1.29, 1.82) is 0 Å². The maximum Gasteiger partial charge on any atom is 0.222 e. The van der Waals surface area contributed by atoms with Crippen molar-refractivity contribution < 1.29 is 9.84 Å². The third kappa shape index (κ3) is 4.04. The maximum absolute atomic E-state index is 11.3. The summed E-state index contributed by atoms with van der Waals surface area (Å²) >= 11 is 12.4. The molecular formula is C20H20Cl2N2O3. The first-order valence-corrected chi connectivity index (χ1v) is 9.56. The van der Waals surface area contributed by atoms with E-state index in [2.05, 4.69) is 12.1 Å². The summed E-state index contributed by atoms with van der Waals surface area (Å²) in [7, 11) is 0. The van der Waals surface area contributed by atoms with Crippen LogP contribution >= 0.6 is 23.2 Å². The smallest absolute Gasteiger partial charge is 0.222 e. The van der Waals surface area contributed by atoms with Crippen molar-refractivity contribution >= 4 is 39.8 Å². The number of aromatic nitrogens is 1. The Morgan fingerprint density at radius 1 is 1.19 bits per heavy atom. The standard InChI is InChI=1S/C20H20Cl2N2O3/c1-2-3-6-9-27-17-8-5-4-7-13(17)12-24-19-15(18(23-26)20(24)25)10-14(21)11-16(19)22/h4-5,7-8,10-11,25H,2-3,6,9,12H2,1H3. The van der Waals surface area contributed by atoms with Crippen LogP contribution < -0.4 is 4.74 Å². The van der Waals surface area contributed by atoms with E-state index in [9.17, 15) is 10.0 Å². The topological polar surface area (TPSA) is 63.8 Å². The highest BCUT2D eigenvalue weighted by atomic mass is 35.5. The van der Waals surface area contributed by atoms with Crippen molar-refractivity contribution in [1.82, 2.24) is 4.57 Å². The third-order valence-corrected chi connectivity index (χ3v) is 4.92. The zero-order valence-corrected chi connectivity index (χ0v) is 16.4. The van der Waals surface area contributed by atoms with E-state index in [0.717, 1.165) is 30.6 Å². The predicted molar refractivity (Wildman–Crippen MR) is 110 cm³/mol. The lowest BCUT2D eigenvalue weighted by Crippen LogP contribution is -2.04. The molecule has 3 aromatic rings. The average Bonchev–Trinajstić information content (AvgIpc) is 2.91. The highest BCUT2D eigenvalue weighted by Gasteiger charge is 2.21. The quantitative estimate of drug-likeness (QED) is 0.335. The van der Waals surface area contributed by atoms with Crippen LogP contribution in [0.3, 0.4) is 0 Å². The fourth-order valence-electron chi connectivity index (χ4n) is 3.10. The minimum absolute atomic E-state index is 0.0734. The van der Waals surface area contributed by atoms with E-state index in [4.69, 9.17) is 27.9 Å². The molecule has 0 amide bonds. The molecule has 0 unspecified atom stereocenters. The summed E-state index contributed by atoms with van der Waals surface area (Å²) in [5.74, 6) is 0.491. The molecule has 0 spiro atoms. The Kier molecular flexibility index (Phi) is 6.24. The van der Waals surface area contributed by atoms with Crippen LogP contribution in [-0.4, -0.2) is 16.3 Å². The van der Waals surface area contributed by atoms with E-state index in [1.54, 1.807) is 16.7 Å². The van der Waals surface area contributed by atoms with Crippen LogP contribution in [0, 0.1) is 4.91 Å². The molecule has 0 aliphatic rings. The second kappa shape index (κ2) is 8.63. The number of ether oxygens (including phenoxy) is 1. The molecule has 0 fully saturated rings. The molecule has 0 aliphatic heterocycles. The Morgan fingerprint density at radius 3 is 2.70 bits per heavy atom. The number of benzene rings is 2. The molecule has 142 valence electrons. The molecule has 0 bridgehead atoms. The van der Waals surface area contributed by atoms with Crippen molar-refractivity contribution in [3.63, 3.8) is 0 Å². The molecule has 5 nitrogen and oxygen atoms in total. The number of para-hydroxylation sites is 1. The summed E-state index contributed by atoms with van der Waals surface area (Å²) in [5.41, 5.74) is 1.30. The zero-order chi connectivity index (χ0) is 19.4. The van der Waals surface area contributed by atoms with Gasteiger partial charge in [-0.25, -0.2) is 0 Å². The second-order valence-electron chi connectivity index (χ2n) is 6.30. The minimum Gasteiger partial charge on any atom is -0.493 e. The van der Waals surface area contributed by atoms with Crippen LogP contribution in [0.5, 0.6) is 11.6 Å². The molecule has 0 atom stereocenters. The van der Waals surface area contributed by atoms with E-state index >= 15 is 0 Å². The summed E-state index contributed by atoms with van der Waals surface area (Å²) in [6, 6.07) is 10.7. The van der Waals surface area contributed by atoms with Gasteiger partial charge >= 0.3 is 0 Å². The lowest BCUT2D eigenvalue weighted by atomic mass is 10.2. The van der Waals surface area contributed by atoms with E-state index in [1.165, 1.54) is 0 Å². The summed E-state index contributed by atoms with van der Waals surface area (Å²) < 4.78 is 7.47. The highest BCUT2D eigenvalue weighted by Crippen LogP contribution is 2.43. The van der Waals surface area contributed by atoms with Gasteiger partial charge in [0, 0.05) is 16.0 Å². The largest absolute Gasteiger partial charge is 0.493 e. The lowest BCUT2D eigenvalue weighted by Gasteiger charge is -2.14. The maximum atomic E-state index is 11.3. The van der Waals surface area contributed by atoms with Gasteiger partial charge in [0.2, 0.25) is 5.88 Å². The predicted octanol–water partition coefficient (Wildman–Crippen LogP) is 6.67. The summed E-state index contributed by atoms with van der Waals surface area (Å²) in [4.78, 5) is 11.3. The van der Waals surface area contributed by atoms with Crippen LogP contribution in [0.25, 0.3) is 10.9 Å². The number of hydrogen-bond donors (Lipinski definition) is 1. The lowest BCUT2D eigenvalue weighted by molar-refractivity contribution is 0.302. The molecule has 0 aliphatic carbocycles. The molecule has 3 rings (SSSR count). The number of halogens is 2. The minimum atomic E-state index is -0.245. The first kappa shape index (κ1) is 19.5. The van der Waals surface area contributed by atoms with Crippen molar-refractivity contribution in [3.05, 3.63) is 56.9 Å². The first-order chi connectivity index (χ1) is 13.1.